The maximum absolute atomic E-state index is 6.28. The van der Waals surface area contributed by atoms with Gasteiger partial charge >= 0.3 is 0 Å². The molecule has 0 aliphatic carbocycles. The number of hydrogen-bond acceptors (Lipinski definition) is 4. The maximum atomic E-state index is 6.28. The van der Waals surface area contributed by atoms with Crippen LogP contribution in [0.25, 0.3) is 5.70 Å². The van der Waals surface area contributed by atoms with Crippen LogP contribution in [0.4, 0.5) is 5.69 Å². The van der Waals surface area contributed by atoms with E-state index < -0.39 is 0 Å². The van der Waals surface area contributed by atoms with E-state index in [1.54, 1.807) is 17.5 Å². The minimum absolute atomic E-state index is 0.745. The second-order valence-corrected chi connectivity index (χ2v) is 6.61. The number of nitrogen functional groups attached to an aromatic ring is 1. The molecular formula is C18H25N3S. The third-order valence-corrected chi connectivity index (χ3v) is 5.31. The van der Waals surface area contributed by atoms with Gasteiger partial charge in [-0.05, 0) is 37.0 Å². The molecule has 0 amide bonds. The van der Waals surface area contributed by atoms with Gasteiger partial charge in [-0.15, -0.1) is 11.3 Å². The molecule has 2 aromatic rings. The lowest BCUT2D eigenvalue weighted by molar-refractivity contribution is 0.882. The van der Waals surface area contributed by atoms with Gasteiger partial charge in [0.15, 0.2) is 0 Å². The Morgan fingerprint density at radius 1 is 1.27 bits per heavy atom. The zero-order valence-corrected chi connectivity index (χ0v) is 14.4. The van der Waals surface area contributed by atoms with Gasteiger partial charge in [0.25, 0.3) is 0 Å². The van der Waals surface area contributed by atoms with E-state index in [1.807, 2.05) is 0 Å². The van der Waals surface area contributed by atoms with Gasteiger partial charge in [-0.1, -0.05) is 37.6 Å². The summed E-state index contributed by atoms with van der Waals surface area (Å²) in [5, 5.41) is 3.43. The van der Waals surface area contributed by atoms with Gasteiger partial charge in [0.2, 0.25) is 0 Å². The van der Waals surface area contributed by atoms with Crippen molar-refractivity contribution in [2.24, 2.45) is 5.73 Å². The van der Waals surface area contributed by atoms with E-state index >= 15 is 0 Å². The number of aryl methyl sites for hydroxylation is 2. The van der Waals surface area contributed by atoms with Crippen LogP contribution < -0.4 is 16.8 Å². The van der Waals surface area contributed by atoms with Crippen molar-refractivity contribution in [1.82, 2.24) is 5.32 Å². The lowest BCUT2D eigenvalue weighted by Crippen LogP contribution is -2.14. The molecule has 1 heterocycles. The molecule has 0 saturated carbocycles. The average molecular weight is 315 g/mol. The fraction of sp³-hybridized carbons (Fsp3) is 0.333. The van der Waals surface area contributed by atoms with Crippen molar-refractivity contribution in [2.45, 2.75) is 40.2 Å². The predicted molar refractivity (Wildman–Crippen MR) is 97.6 cm³/mol. The van der Waals surface area contributed by atoms with Crippen molar-refractivity contribution in [3.8, 4) is 0 Å². The molecule has 0 atom stereocenters. The summed E-state index contributed by atoms with van der Waals surface area (Å²) in [4.78, 5) is 2.41. The molecule has 0 aliphatic heterocycles. The minimum atomic E-state index is 0.745. The Morgan fingerprint density at radius 3 is 2.64 bits per heavy atom. The Kier molecular flexibility index (Phi) is 5.50. The topological polar surface area (TPSA) is 64.1 Å². The van der Waals surface area contributed by atoms with Gasteiger partial charge in [0.1, 0.15) is 0 Å². The molecule has 3 nitrogen and oxygen atoms in total. The first-order valence-corrected chi connectivity index (χ1v) is 8.48. The highest BCUT2D eigenvalue weighted by molar-refractivity contribution is 7.13. The number of rotatable bonds is 6. The number of nitrogens with two attached hydrogens (primary N) is 2. The molecule has 0 unspecified atom stereocenters. The molecule has 0 spiro atoms. The smallest absolute Gasteiger partial charge is 0.0751 e. The number of nitrogens with one attached hydrogen (secondary N) is 1. The number of anilines is 1. The van der Waals surface area contributed by atoms with E-state index in [0.29, 0.717) is 0 Å². The van der Waals surface area contributed by atoms with Gasteiger partial charge in [-0.3, -0.25) is 0 Å². The van der Waals surface area contributed by atoms with E-state index in [9.17, 15) is 0 Å². The molecule has 22 heavy (non-hydrogen) atoms. The fourth-order valence-corrected chi connectivity index (χ4v) is 3.78. The molecule has 0 fully saturated rings. The molecular weight excluding hydrogens is 290 g/mol. The Hall–Kier alpha value is -1.94. The van der Waals surface area contributed by atoms with Crippen LogP contribution in [-0.4, -0.2) is 0 Å². The summed E-state index contributed by atoms with van der Waals surface area (Å²) < 4.78 is 0. The fourth-order valence-electron chi connectivity index (χ4n) is 2.45. The van der Waals surface area contributed by atoms with Crippen LogP contribution in [0.3, 0.4) is 0 Å². The zero-order valence-electron chi connectivity index (χ0n) is 13.6. The van der Waals surface area contributed by atoms with Gasteiger partial charge in [0, 0.05) is 17.6 Å². The SMILES string of the molecule is CCCc1sc(/C(=C\N)NCc2ccccc2C)c(N)c1C. The highest BCUT2D eigenvalue weighted by atomic mass is 32.1. The van der Waals surface area contributed by atoms with E-state index in [0.717, 1.165) is 35.6 Å². The predicted octanol–water partition coefficient (Wildman–Crippen LogP) is 3.95. The van der Waals surface area contributed by atoms with Crippen molar-refractivity contribution in [3.05, 3.63) is 56.9 Å². The molecule has 5 N–H and O–H groups in total. The van der Waals surface area contributed by atoms with Crippen LogP contribution in [0.5, 0.6) is 0 Å². The van der Waals surface area contributed by atoms with Gasteiger partial charge in [-0.2, -0.15) is 0 Å². The summed E-state index contributed by atoms with van der Waals surface area (Å²) in [7, 11) is 0. The van der Waals surface area contributed by atoms with Crippen LogP contribution in [-0.2, 0) is 13.0 Å². The minimum Gasteiger partial charge on any atom is -0.403 e. The zero-order chi connectivity index (χ0) is 16.1. The Morgan fingerprint density at radius 2 is 2.00 bits per heavy atom. The Bertz CT molecular complexity index is 671. The molecule has 0 radical (unpaired) electrons. The molecule has 1 aromatic carbocycles. The third-order valence-electron chi connectivity index (χ3n) is 3.91. The summed E-state index contributed by atoms with van der Waals surface area (Å²) >= 11 is 1.75. The standard InChI is InChI=1S/C18H25N3S/c1-4-7-16-13(3)17(20)18(22-16)15(10-19)21-11-14-9-6-5-8-12(14)2/h5-6,8-10,21H,4,7,11,19-20H2,1-3H3/b15-10+. The maximum Gasteiger partial charge on any atom is 0.0751 e. The summed E-state index contributed by atoms with van der Waals surface area (Å²) in [5.41, 5.74) is 17.6. The van der Waals surface area contributed by atoms with Crippen LogP contribution in [0.2, 0.25) is 0 Å². The Balaban J connectivity index is 2.19. The van der Waals surface area contributed by atoms with Crippen LogP contribution in [0.15, 0.2) is 30.5 Å². The van der Waals surface area contributed by atoms with E-state index in [1.165, 1.54) is 21.6 Å². The lowest BCUT2D eigenvalue weighted by Gasteiger charge is -2.11. The lowest BCUT2D eigenvalue weighted by atomic mass is 10.1. The second kappa shape index (κ2) is 7.36. The number of benzene rings is 1. The monoisotopic (exact) mass is 315 g/mol. The van der Waals surface area contributed by atoms with Crippen molar-refractivity contribution < 1.29 is 0 Å². The summed E-state index contributed by atoms with van der Waals surface area (Å²) in [6, 6.07) is 8.35. The van der Waals surface area contributed by atoms with Crippen LogP contribution in [0.1, 0.15) is 39.8 Å². The third kappa shape index (κ3) is 3.45. The van der Waals surface area contributed by atoms with Crippen molar-refractivity contribution in [3.63, 3.8) is 0 Å². The van der Waals surface area contributed by atoms with Crippen molar-refractivity contribution in [1.29, 1.82) is 0 Å². The highest BCUT2D eigenvalue weighted by Crippen LogP contribution is 2.35. The molecule has 2 rings (SSSR count). The largest absolute Gasteiger partial charge is 0.403 e. The summed E-state index contributed by atoms with van der Waals surface area (Å²) in [6.07, 6.45) is 3.81. The molecule has 0 saturated heterocycles. The number of thiophene rings is 1. The quantitative estimate of drug-likeness (QED) is 0.756. The van der Waals surface area contributed by atoms with Gasteiger partial charge in [0.05, 0.1) is 16.3 Å². The molecule has 4 heteroatoms. The van der Waals surface area contributed by atoms with E-state index in [4.69, 9.17) is 11.5 Å². The van der Waals surface area contributed by atoms with Gasteiger partial charge in [-0.25, -0.2) is 0 Å². The normalized spacial score (nSPS) is 11.7. The van der Waals surface area contributed by atoms with E-state index in [2.05, 4.69) is 50.4 Å². The summed E-state index contributed by atoms with van der Waals surface area (Å²) in [5.74, 6) is 0. The molecule has 1 aromatic heterocycles. The van der Waals surface area contributed by atoms with E-state index in [-0.39, 0.29) is 0 Å². The van der Waals surface area contributed by atoms with Crippen molar-refractivity contribution in [2.75, 3.05) is 5.73 Å². The molecule has 0 aliphatic rings. The van der Waals surface area contributed by atoms with Crippen LogP contribution >= 0.6 is 11.3 Å². The first kappa shape index (κ1) is 16.4. The first-order valence-electron chi connectivity index (χ1n) is 7.66. The van der Waals surface area contributed by atoms with Gasteiger partial charge < -0.3 is 16.8 Å². The molecule has 0 bridgehead atoms. The first-order chi connectivity index (χ1) is 10.6. The number of hydrogen-bond donors (Lipinski definition) is 3. The van der Waals surface area contributed by atoms with Crippen LogP contribution in [0, 0.1) is 13.8 Å². The van der Waals surface area contributed by atoms with Crippen molar-refractivity contribution >= 4 is 22.7 Å². The summed E-state index contributed by atoms with van der Waals surface area (Å²) in [6.45, 7) is 7.14. The Labute approximate surface area is 137 Å². The molecule has 118 valence electrons. The average Bonchev–Trinajstić information content (AvgIpc) is 2.79. The second-order valence-electron chi connectivity index (χ2n) is 5.50. The highest BCUT2D eigenvalue weighted by Gasteiger charge is 2.15.